The molecular weight excluding hydrogens is 599 g/mol. The van der Waals surface area contributed by atoms with Crippen LogP contribution in [0.3, 0.4) is 0 Å². The normalized spacial score (nSPS) is 22.4. The van der Waals surface area contributed by atoms with E-state index in [9.17, 15) is 26.7 Å². The second-order valence-corrected chi connectivity index (χ2v) is 9.68. The maximum Gasteiger partial charge on any atom is 0.499 e. The summed E-state index contributed by atoms with van der Waals surface area (Å²) in [4.78, 5) is 16.9. The lowest BCUT2D eigenvalue weighted by Gasteiger charge is -2.43. The van der Waals surface area contributed by atoms with E-state index in [1.165, 1.54) is 30.3 Å². The molecule has 0 saturated carbocycles. The number of nitrogens with zero attached hydrogens (tertiary/aromatic N) is 3. The van der Waals surface area contributed by atoms with Crippen molar-refractivity contribution in [2.24, 2.45) is 0 Å². The first kappa shape index (κ1) is 33.0. The van der Waals surface area contributed by atoms with Gasteiger partial charge < -0.3 is 28.4 Å². The Morgan fingerprint density at radius 3 is 2.23 bits per heavy atom. The van der Waals surface area contributed by atoms with Gasteiger partial charge in [0.1, 0.15) is 30.4 Å². The van der Waals surface area contributed by atoms with Gasteiger partial charge in [-0.05, 0) is 61.9 Å². The number of ether oxygens (including phenoxy) is 6. The summed E-state index contributed by atoms with van der Waals surface area (Å²) in [5.41, 5.74) is 1.30. The lowest BCUT2D eigenvalue weighted by molar-refractivity contribution is -0.360. The van der Waals surface area contributed by atoms with Crippen LogP contribution in [0, 0.1) is 0 Å². The lowest BCUT2D eigenvalue weighted by atomic mass is 9.99. The molecule has 1 aromatic heterocycles. The standard InChI is InChI=1S/C28H31F5N4O7/c1-5-14-41-22-21(39-3)16(2)42-25(23(22)40-4)43-26(38)35-18-8-6-17(7-9-18)24-34-15-37(36-24)19-10-12-20(13-11-19)44-28(32,33)27(29,30)31/h6-13,15-16,21-23,25H,5,14H2,1-4H3,(H,35,38). The number of benzene rings is 2. The minimum Gasteiger partial charge on any atom is -0.426 e. The molecule has 1 saturated heterocycles. The molecule has 5 atom stereocenters. The van der Waals surface area contributed by atoms with Gasteiger partial charge in [-0.2, -0.15) is 22.0 Å². The molecule has 1 aliphatic rings. The molecule has 4 rings (SSSR count). The van der Waals surface area contributed by atoms with Crippen LogP contribution in [-0.2, 0) is 23.7 Å². The van der Waals surface area contributed by atoms with Crippen LogP contribution in [0.15, 0.2) is 54.9 Å². The van der Waals surface area contributed by atoms with Gasteiger partial charge in [0, 0.05) is 32.1 Å². The number of rotatable bonds is 11. The molecule has 5 unspecified atom stereocenters. The summed E-state index contributed by atoms with van der Waals surface area (Å²) >= 11 is 0. The molecule has 2 aromatic carbocycles. The van der Waals surface area contributed by atoms with E-state index in [4.69, 9.17) is 23.7 Å². The first-order valence-electron chi connectivity index (χ1n) is 13.4. The number of amides is 1. The van der Waals surface area contributed by atoms with Crippen LogP contribution in [0.5, 0.6) is 5.75 Å². The van der Waals surface area contributed by atoms with Gasteiger partial charge in [0.25, 0.3) is 0 Å². The highest BCUT2D eigenvalue weighted by Gasteiger charge is 2.61. The topological polar surface area (TPSA) is 115 Å². The van der Waals surface area contributed by atoms with Crippen LogP contribution in [0.1, 0.15) is 20.3 Å². The smallest absolute Gasteiger partial charge is 0.426 e. The van der Waals surface area contributed by atoms with Gasteiger partial charge in [0.05, 0.1) is 11.8 Å². The highest BCUT2D eigenvalue weighted by Crippen LogP contribution is 2.37. The van der Waals surface area contributed by atoms with Crippen molar-refractivity contribution in [3.63, 3.8) is 0 Å². The number of anilines is 1. The van der Waals surface area contributed by atoms with E-state index in [-0.39, 0.29) is 5.82 Å². The maximum absolute atomic E-state index is 13.1. The van der Waals surface area contributed by atoms with Crippen molar-refractivity contribution in [2.45, 2.75) is 63.3 Å². The molecule has 240 valence electrons. The fraction of sp³-hybridized carbons (Fsp3) is 0.464. The molecule has 0 bridgehead atoms. The molecule has 1 N–H and O–H groups in total. The van der Waals surface area contributed by atoms with E-state index in [0.29, 0.717) is 23.5 Å². The van der Waals surface area contributed by atoms with Gasteiger partial charge >= 0.3 is 18.4 Å². The van der Waals surface area contributed by atoms with E-state index < -0.39 is 54.8 Å². The zero-order valence-corrected chi connectivity index (χ0v) is 24.1. The minimum absolute atomic E-state index is 0.279. The van der Waals surface area contributed by atoms with E-state index >= 15 is 0 Å². The second-order valence-electron chi connectivity index (χ2n) is 9.68. The highest BCUT2D eigenvalue weighted by molar-refractivity contribution is 5.85. The summed E-state index contributed by atoms with van der Waals surface area (Å²) in [6.45, 7) is 4.22. The van der Waals surface area contributed by atoms with Crippen molar-refractivity contribution < 1.29 is 55.2 Å². The summed E-state index contributed by atoms with van der Waals surface area (Å²) in [6.07, 6.45) is -13.0. The van der Waals surface area contributed by atoms with E-state index in [2.05, 4.69) is 20.1 Å². The fourth-order valence-corrected chi connectivity index (χ4v) is 4.43. The van der Waals surface area contributed by atoms with Crippen LogP contribution < -0.4 is 10.1 Å². The summed E-state index contributed by atoms with van der Waals surface area (Å²) in [6, 6.07) is 10.9. The number of carbonyl (C=O) groups is 1. The van der Waals surface area contributed by atoms with Crippen LogP contribution in [0.4, 0.5) is 32.4 Å². The summed E-state index contributed by atoms with van der Waals surface area (Å²) in [7, 11) is 3.01. The SMILES string of the molecule is CCCOC1C(OC)C(C)OC(OC(=O)Nc2ccc(-c3ncn(-c4ccc(OC(F)(F)C(F)(F)F)cc4)n3)cc2)C1OC. The molecule has 1 fully saturated rings. The van der Waals surface area contributed by atoms with Crippen molar-refractivity contribution in [3.8, 4) is 22.8 Å². The number of carbonyl (C=O) groups excluding carboxylic acids is 1. The van der Waals surface area contributed by atoms with Gasteiger partial charge in [-0.15, -0.1) is 5.10 Å². The molecule has 1 aliphatic heterocycles. The Morgan fingerprint density at radius 2 is 1.64 bits per heavy atom. The number of aromatic nitrogens is 3. The maximum atomic E-state index is 13.1. The molecule has 1 amide bonds. The third-order valence-electron chi connectivity index (χ3n) is 6.57. The highest BCUT2D eigenvalue weighted by atomic mass is 19.4. The summed E-state index contributed by atoms with van der Waals surface area (Å²) in [5, 5.41) is 6.92. The minimum atomic E-state index is -5.85. The largest absolute Gasteiger partial charge is 0.499 e. The molecule has 44 heavy (non-hydrogen) atoms. The number of hydrogen-bond acceptors (Lipinski definition) is 9. The van der Waals surface area contributed by atoms with Gasteiger partial charge in [0.15, 0.2) is 5.82 Å². The average molecular weight is 631 g/mol. The van der Waals surface area contributed by atoms with Gasteiger partial charge in [-0.25, -0.2) is 14.5 Å². The third kappa shape index (κ3) is 7.61. The third-order valence-corrected chi connectivity index (χ3v) is 6.57. The first-order chi connectivity index (χ1) is 20.9. The molecule has 16 heteroatoms. The number of hydrogen-bond donors (Lipinski definition) is 1. The monoisotopic (exact) mass is 630 g/mol. The molecule has 0 spiro atoms. The Kier molecular flexibility index (Phi) is 10.4. The van der Waals surface area contributed by atoms with Crippen LogP contribution in [-0.4, -0.2) is 84.7 Å². The van der Waals surface area contributed by atoms with Gasteiger partial charge in [0.2, 0.25) is 6.29 Å². The zero-order valence-electron chi connectivity index (χ0n) is 24.1. The Bertz CT molecular complexity index is 1370. The van der Waals surface area contributed by atoms with E-state index in [1.807, 2.05) is 6.92 Å². The lowest BCUT2D eigenvalue weighted by Crippen LogP contribution is -2.60. The van der Waals surface area contributed by atoms with Crippen LogP contribution >= 0.6 is 0 Å². The predicted octanol–water partition coefficient (Wildman–Crippen LogP) is 5.59. The Morgan fingerprint density at radius 1 is 0.977 bits per heavy atom. The van der Waals surface area contributed by atoms with Crippen molar-refractivity contribution >= 4 is 11.8 Å². The molecule has 3 aromatic rings. The fourth-order valence-electron chi connectivity index (χ4n) is 4.43. The van der Waals surface area contributed by atoms with Crippen LogP contribution in [0.2, 0.25) is 0 Å². The van der Waals surface area contributed by atoms with Crippen molar-refractivity contribution in [1.29, 1.82) is 0 Å². The van der Waals surface area contributed by atoms with Crippen molar-refractivity contribution in [2.75, 3.05) is 26.1 Å². The van der Waals surface area contributed by atoms with Crippen molar-refractivity contribution in [3.05, 3.63) is 54.9 Å². The molecule has 0 radical (unpaired) electrons. The first-order valence-corrected chi connectivity index (χ1v) is 13.4. The quantitative estimate of drug-likeness (QED) is 0.271. The predicted molar refractivity (Wildman–Crippen MR) is 144 cm³/mol. The number of methoxy groups -OCH3 is 2. The van der Waals surface area contributed by atoms with Crippen LogP contribution in [0.25, 0.3) is 17.1 Å². The summed E-state index contributed by atoms with van der Waals surface area (Å²) < 4.78 is 96.9. The number of halogens is 5. The van der Waals surface area contributed by atoms with E-state index in [1.54, 1.807) is 38.3 Å². The molecule has 2 heterocycles. The Labute approximate surface area is 249 Å². The summed E-state index contributed by atoms with van der Waals surface area (Å²) in [5.74, 6) is -0.398. The van der Waals surface area contributed by atoms with Gasteiger partial charge in [-0.3, -0.25) is 5.32 Å². The molecule has 11 nitrogen and oxygen atoms in total. The number of nitrogens with one attached hydrogen (secondary N) is 1. The molecule has 0 aliphatic carbocycles. The Balaban J connectivity index is 1.37. The van der Waals surface area contributed by atoms with Gasteiger partial charge in [-0.1, -0.05) is 6.92 Å². The number of alkyl halides is 5. The Hall–Kier alpha value is -3.86. The van der Waals surface area contributed by atoms with E-state index in [0.717, 1.165) is 18.6 Å². The molecular formula is C28H31F5N4O7. The van der Waals surface area contributed by atoms with Crippen molar-refractivity contribution in [1.82, 2.24) is 14.8 Å². The zero-order chi connectivity index (χ0) is 32.1. The second kappa shape index (κ2) is 13.8. The average Bonchev–Trinajstić information content (AvgIpc) is 3.46.